The predicted molar refractivity (Wildman–Crippen MR) is 65.5 cm³/mol. The first kappa shape index (κ1) is 12.3. The molecule has 2 N–H and O–H groups in total. The van der Waals surface area contributed by atoms with Crippen LogP contribution in [-0.2, 0) is 0 Å². The van der Waals surface area contributed by atoms with Crippen LogP contribution < -0.4 is 10.6 Å². The van der Waals surface area contributed by atoms with E-state index in [-0.39, 0.29) is 16.8 Å². The molecular formula is C11H14N4O3. The summed E-state index contributed by atoms with van der Waals surface area (Å²) in [7, 11) is 1.64. The molecular weight excluding hydrogens is 236 g/mol. The zero-order valence-electron chi connectivity index (χ0n) is 10.2. The van der Waals surface area contributed by atoms with E-state index in [4.69, 9.17) is 0 Å². The molecule has 0 aliphatic heterocycles. The zero-order valence-corrected chi connectivity index (χ0v) is 10.2. The molecule has 1 aromatic heterocycles. The molecule has 96 valence electrons. The number of nitrogens with one attached hydrogen (secondary N) is 2. The fraction of sp³-hybridized carbons (Fsp3) is 0.455. The Kier molecular flexibility index (Phi) is 2.90. The predicted octanol–water partition coefficient (Wildman–Crippen LogP) is 1.31. The lowest BCUT2D eigenvalue weighted by Crippen LogP contribution is -2.34. The number of hydrogen-bond donors (Lipinski definition) is 2. The lowest BCUT2D eigenvalue weighted by molar-refractivity contribution is -0.385. The standard InChI is InChI=1S/C11H14N4O3/c1-11(3-4-11)14-10(16)7-5-9(12-2)13-6-8(7)15(17)18/h5-6H,3-4H2,1-2H3,(H,12,13)(H,14,16). The van der Waals surface area contributed by atoms with Crippen LogP contribution in [0.15, 0.2) is 12.3 Å². The van der Waals surface area contributed by atoms with E-state index in [0.717, 1.165) is 19.0 Å². The van der Waals surface area contributed by atoms with E-state index < -0.39 is 10.8 Å². The molecule has 0 atom stereocenters. The summed E-state index contributed by atoms with van der Waals surface area (Å²) in [5.74, 6) is -0.00713. The van der Waals surface area contributed by atoms with Crippen molar-refractivity contribution in [2.45, 2.75) is 25.3 Å². The first-order chi connectivity index (χ1) is 8.45. The van der Waals surface area contributed by atoms with E-state index in [1.807, 2.05) is 6.92 Å². The lowest BCUT2D eigenvalue weighted by Gasteiger charge is -2.12. The van der Waals surface area contributed by atoms with Gasteiger partial charge in [0.15, 0.2) is 0 Å². The molecule has 1 amide bonds. The summed E-state index contributed by atoms with van der Waals surface area (Å²) in [5.41, 5.74) is -0.461. The highest BCUT2D eigenvalue weighted by molar-refractivity contribution is 5.99. The number of nitro groups is 1. The maximum absolute atomic E-state index is 12.0. The van der Waals surface area contributed by atoms with Gasteiger partial charge in [-0.25, -0.2) is 4.98 Å². The number of amides is 1. The van der Waals surface area contributed by atoms with Crippen molar-refractivity contribution in [1.82, 2.24) is 10.3 Å². The molecule has 2 rings (SSSR count). The number of rotatable bonds is 4. The van der Waals surface area contributed by atoms with Crippen LogP contribution in [0.1, 0.15) is 30.1 Å². The molecule has 7 heteroatoms. The third-order valence-electron chi connectivity index (χ3n) is 3.00. The van der Waals surface area contributed by atoms with Crippen LogP contribution in [-0.4, -0.2) is 28.4 Å². The average molecular weight is 250 g/mol. The van der Waals surface area contributed by atoms with Gasteiger partial charge in [-0.3, -0.25) is 14.9 Å². The number of pyridine rings is 1. The van der Waals surface area contributed by atoms with Gasteiger partial charge in [0, 0.05) is 18.7 Å². The Balaban J connectivity index is 2.33. The van der Waals surface area contributed by atoms with Gasteiger partial charge >= 0.3 is 0 Å². The van der Waals surface area contributed by atoms with Crippen LogP contribution in [0.3, 0.4) is 0 Å². The largest absolute Gasteiger partial charge is 0.373 e. The molecule has 0 saturated heterocycles. The van der Waals surface area contributed by atoms with Gasteiger partial charge in [0.1, 0.15) is 17.6 Å². The third-order valence-corrected chi connectivity index (χ3v) is 3.00. The molecule has 0 spiro atoms. The molecule has 0 aromatic carbocycles. The molecule has 18 heavy (non-hydrogen) atoms. The number of nitrogens with zero attached hydrogens (tertiary/aromatic N) is 2. The quantitative estimate of drug-likeness (QED) is 0.620. The van der Waals surface area contributed by atoms with E-state index in [1.165, 1.54) is 6.07 Å². The number of aromatic nitrogens is 1. The van der Waals surface area contributed by atoms with Crippen molar-refractivity contribution in [3.05, 3.63) is 27.9 Å². The number of carbonyl (C=O) groups is 1. The summed E-state index contributed by atoms with van der Waals surface area (Å²) in [6.45, 7) is 1.91. The van der Waals surface area contributed by atoms with E-state index in [0.29, 0.717) is 5.82 Å². The molecule has 0 unspecified atom stereocenters. The van der Waals surface area contributed by atoms with Gasteiger partial charge in [-0.2, -0.15) is 0 Å². The molecule has 1 saturated carbocycles. The van der Waals surface area contributed by atoms with Crippen molar-refractivity contribution >= 4 is 17.4 Å². The van der Waals surface area contributed by atoms with Crippen molar-refractivity contribution in [2.24, 2.45) is 0 Å². The van der Waals surface area contributed by atoms with Gasteiger partial charge in [-0.05, 0) is 19.8 Å². The summed E-state index contributed by atoms with van der Waals surface area (Å²) in [4.78, 5) is 26.1. The average Bonchev–Trinajstić information content (AvgIpc) is 3.05. The fourth-order valence-corrected chi connectivity index (χ4v) is 1.57. The van der Waals surface area contributed by atoms with Crippen LogP contribution >= 0.6 is 0 Å². The summed E-state index contributed by atoms with van der Waals surface area (Å²) in [6, 6.07) is 1.39. The highest BCUT2D eigenvalue weighted by atomic mass is 16.6. The Labute approximate surface area is 104 Å². The Morgan fingerprint density at radius 2 is 2.22 bits per heavy atom. The van der Waals surface area contributed by atoms with E-state index in [1.54, 1.807) is 7.05 Å². The number of hydrogen-bond acceptors (Lipinski definition) is 5. The summed E-state index contributed by atoms with van der Waals surface area (Å²) in [5, 5.41) is 16.4. The molecule has 0 radical (unpaired) electrons. The van der Waals surface area contributed by atoms with Crippen LogP contribution in [0.5, 0.6) is 0 Å². The monoisotopic (exact) mass is 250 g/mol. The van der Waals surface area contributed by atoms with Crippen LogP contribution in [0.4, 0.5) is 11.5 Å². The molecule has 1 aromatic rings. The first-order valence-corrected chi connectivity index (χ1v) is 5.60. The van der Waals surface area contributed by atoms with Gasteiger partial charge < -0.3 is 10.6 Å². The van der Waals surface area contributed by atoms with Crippen LogP contribution in [0.2, 0.25) is 0 Å². The van der Waals surface area contributed by atoms with E-state index >= 15 is 0 Å². The van der Waals surface area contributed by atoms with Crippen LogP contribution in [0.25, 0.3) is 0 Å². The zero-order chi connectivity index (χ0) is 13.3. The van der Waals surface area contributed by atoms with Gasteiger partial charge in [-0.15, -0.1) is 0 Å². The second-order valence-corrected chi connectivity index (χ2v) is 4.61. The van der Waals surface area contributed by atoms with Gasteiger partial charge in [0.25, 0.3) is 11.6 Å². The normalized spacial score (nSPS) is 15.9. The highest BCUT2D eigenvalue weighted by Crippen LogP contribution is 2.35. The molecule has 7 nitrogen and oxygen atoms in total. The fourth-order valence-electron chi connectivity index (χ4n) is 1.57. The van der Waals surface area contributed by atoms with E-state index in [9.17, 15) is 14.9 Å². The molecule has 1 aliphatic rings. The van der Waals surface area contributed by atoms with Crippen molar-refractivity contribution < 1.29 is 9.72 Å². The second kappa shape index (κ2) is 4.25. The molecule has 0 bridgehead atoms. The topological polar surface area (TPSA) is 97.2 Å². The Hall–Kier alpha value is -2.18. The number of carbonyl (C=O) groups excluding carboxylic acids is 1. The van der Waals surface area contributed by atoms with E-state index in [2.05, 4.69) is 15.6 Å². The lowest BCUT2D eigenvalue weighted by atomic mass is 10.2. The Morgan fingerprint density at radius 1 is 1.56 bits per heavy atom. The molecule has 1 aliphatic carbocycles. The summed E-state index contributed by atoms with van der Waals surface area (Å²) in [6.07, 6.45) is 2.89. The van der Waals surface area contributed by atoms with Gasteiger partial charge in [0.2, 0.25) is 0 Å². The molecule has 1 heterocycles. The smallest absolute Gasteiger partial charge is 0.300 e. The Morgan fingerprint density at radius 3 is 2.72 bits per heavy atom. The summed E-state index contributed by atoms with van der Waals surface area (Å²) < 4.78 is 0. The minimum absolute atomic E-state index is 0.0347. The maximum Gasteiger partial charge on any atom is 0.300 e. The first-order valence-electron chi connectivity index (χ1n) is 5.60. The maximum atomic E-state index is 12.0. The van der Waals surface area contributed by atoms with Crippen molar-refractivity contribution in [2.75, 3.05) is 12.4 Å². The minimum Gasteiger partial charge on any atom is -0.373 e. The number of anilines is 1. The summed E-state index contributed by atoms with van der Waals surface area (Å²) >= 11 is 0. The second-order valence-electron chi connectivity index (χ2n) is 4.61. The van der Waals surface area contributed by atoms with Crippen molar-refractivity contribution in [3.8, 4) is 0 Å². The van der Waals surface area contributed by atoms with Gasteiger partial charge in [-0.1, -0.05) is 0 Å². The van der Waals surface area contributed by atoms with Crippen LogP contribution in [0, 0.1) is 10.1 Å². The minimum atomic E-state index is -0.601. The molecule has 1 fully saturated rings. The highest BCUT2D eigenvalue weighted by Gasteiger charge is 2.39. The van der Waals surface area contributed by atoms with Crippen molar-refractivity contribution in [3.63, 3.8) is 0 Å². The Bertz CT molecular complexity index is 511. The van der Waals surface area contributed by atoms with Gasteiger partial charge in [0.05, 0.1) is 4.92 Å². The third kappa shape index (κ3) is 2.39. The van der Waals surface area contributed by atoms with Crippen molar-refractivity contribution in [1.29, 1.82) is 0 Å². The SMILES string of the molecule is CNc1cc(C(=O)NC2(C)CC2)c([N+](=O)[O-])cn1.